The number of nitrogens with one attached hydrogen (secondary N) is 1. The van der Waals surface area contributed by atoms with Crippen LogP contribution in [-0.2, 0) is 20.7 Å². The second-order valence-corrected chi connectivity index (χ2v) is 4.71. The Labute approximate surface area is 110 Å². The summed E-state index contributed by atoms with van der Waals surface area (Å²) in [6.45, 7) is 0.420. The minimum absolute atomic E-state index is 0.276. The molecule has 0 unspecified atom stereocenters. The van der Waals surface area contributed by atoms with Gasteiger partial charge in [-0.3, -0.25) is 9.59 Å². The maximum absolute atomic E-state index is 12.7. The van der Waals surface area contributed by atoms with Crippen molar-refractivity contribution in [2.45, 2.75) is 19.3 Å². The van der Waals surface area contributed by atoms with Gasteiger partial charge in [-0.1, -0.05) is 12.1 Å². The highest BCUT2D eigenvalue weighted by Gasteiger charge is 2.57. The monoisotopic (exact) mass is 265 g/mol. The number of benzene rings is 1. The van der Waals surface area contributed by atoms with Crippen molar-refractivity contribution in [3.63, 3.8) is 0 Å². The molecule has 0 aliphatic heterocycles. The van der Waals surface area contributed by atoms with E-state index in [2.05, 4.69) is 10.1 Å². The molecular weight excluding hydrogens is 249 g/mol. The van der Waals surface area contributed by atoms with Crippen molar-refractivity contribution in [3.05, 3.63) is 35.6 Å². The number of ether oxygens (including phenoxy) is 1. The van der Waals surface area contributed by atoms with E-state index in [-0.39, 0.29) is 11.7 Å². The zero-order valence-corrected chi connectivity index (χ0v) is 10.7. The average molecular weight is 265 g/mol. The first-order valence-corrected chi connectivity index (χ1v) is 6.20. The molecule has 0 aromatic heterocycles. The molecule has 0 spiro atoms. The van der Waals surface area contributed by atoms with E-state index in [1.54, 1.807) is 12.1 Å². The van der Waals surface area contributed by atoms with Crippen LogP contribution in [0, 0.1) is 11.2 Å². The normalized spacial score (nSPS) is 15.7. The highest BCUT2D eigenvalue weighted by atomic mass is 19.1. The zero-order chi connectivity index (χ0) is 13.9. The van der Waals surface area contributed by atoms with Gasteiger partial charge in [-0.15, -0.1) is 0 Å². The van der Waals surface area contributed by atoms with Gasteiger partial charge in [-0.2, -0.15) is 0 Å². The second-order valence-electron chi connectivity index (χ2n) is 4.71. The fourth-order valence-electron chi connectivity index (χ4n) is 1.98. The lowest BCUT2D eigenvalue weighted by atomic mass is 10.1. The topological polar surface area (TPSA) is 55.4 Å². The Morgan fingerprint density at radius 3 is 2.47 bits per heavy atom. The lowest BCUT2D eigenvalue weighted by Crippen LogP contribution is -2.38. The summed E-state index contributed by atoms with van der Waals surface area (Å²) < 4.78 is 17.3. The van der Waals surface area contributed by atoms with Gasteiger partial charge in [0.2, 0.25) is 5.91 Å². The third-order valence-electron chi connectivity index (χ3n) is 3.37. The van der Waals surface area contributed by atoms with Crippen LogP contribution in [0.25, 0.3) is 0 Å². The van der Waals surface area contributed by atoms with Crippen molar-refractivity contribution in [1.29, 1.82) is 0 Å². The summed E-state index contributed by atoms with van der Waals surface area (Å²) in [7, 11) is 1.29. The van der Waals surface area contributed by atoms with Crippen molar-refractivity contribution < 1.29 is 18.7 Å². The molecule has 0 atom stereocenters. The molecule has 1 aliphatic rings. The first-order valence-electron chi connectivity index (χ1n) is 6.20. The molecule has 1 fully saturated rings. The fraction of sp³-hybridized carbons (Fsp3) is 0.429. The number of carbonyl (C=O) groups excluding carboxylic acids is 2. The van der Waals surface area contributed by atoms with E-state index in [0.29, 0.717) is 25.8 Å². The number of rotatable bonds is 5. The lowest BCUT2D eigenvalue weighted by molar-refractivity contribution is -0.152. The SMILES string of the molecule is COC(=O)C1(C(=O)NCCc2ccc(F)cc2)CC1. The Hall–Kier alpha value is -1.91. The van der Waals surface area contributed by atoms with E-state index in [9.17, 15) is 14.0 Å². The number of methoxy groups -OCH3 is 1. The summed E-state index contributed by atoms with van der Waals surface area (Å²) in [6.07, 6.45) is 1.69. The second kappa shape index (κ2) is 5.38. The summed E-state index contributed by atoms with van der Waals surface area (Å²) in [4.78, 5) is 23.4. The number of amides is 1. The molecule has 1 aromatic rings. The predicted molar refractivity (Wildman–Crippen MR) is 66.8 cm³/mol. The van der Waals surface area contributed by atoms with Crippen molar-refractivity contribution >= 4 is 11.9 Å². The maximum Gasteiger partial charge on any atom is 0.321 e. The van der Waals surface area contributed by atoms with E-state index in [1.807, 2.05) is 0 Å². The van der Waals surface area contributed by atoms with Crippen LogP contribution in [-0.4, -0.2) is 25.5 Å². The Morgan fingerprint density at radius 2 is 1.95 bits per heavy atom. The minimum atomic E-state index is -0.961. The van der Waals surface area contributed by atoms with Crippen LogP contribution in [0.4, 0.5) is 4.39 Å². The van der Waals surface area contributed by atoms with E-state index in [1.165, 1.54) is 19.2 Å². The molecule has 0 saturated heterocycles. The van der Waals surface area contributed by atoms with Gasteiger partial charge < -0.3 is 10.1 Å². The Balaban J connectivity index is 1.81. The van der Waals surface area contributed by atoms with Crippen LogP contribution >= 0.6 is 0 Å². The Morgan fingerprint density at radius 1 is 1.32 bits per heavy atom. The quantitative estimate of drug-likeness (QED) is 0.647. The maximum atomic E-state index is 12.7. The smallest absolute Gasteiger partial charge is 0.321 e. The van der Waals surface area contributed by atoms with Gasteiger partial charge in [0.05, 0.1) is 7.11 Å². The molecule has 1 amide bonds. The van der Waals surface area contributed by atoms with E-state index in [4.69, 9.17) is 0 Å². The van der Waals surface area contributed by atoms with Gasteiger partial charge in [-0.25, -0.2) is 4.39 Å². The Kier molecular flexibility index (Phi) is 3.83. The standard InChI is InChI=1S/C14H16FNO3/c1-19-13(18)14(7-8-14)12(17)16-9-6-10-2-4-11(15)5-3-10/h2-5H,6-9H2,1H3,(H,16,17). The third-order valence-corrected chi connectivity index (χ3v) is 3.37. The van der Waals surface area contributed by atoms with Crippen LogP contribution < -0.4 is 5.32 Å². The van der Waals surface area contributed by atoms with Crippen LogP contribution in [0.1, 0.15) is 18.4 Å². The molecule has 1 aliphatic carbocycles. The van der Waals surface area contributed by atoms with Crippen molar-refractivity contribution in [2.24, 2.45) is 5.41 Å². The van der Waals surface area contributed by atoms with Gasteiger partial charge in [0, 0.05) is 6.54 Å². The number of halogens is 1. The zero-order valence-electron chi connectivity index (χ0n) is 10.7. The Bertz CT molecular complexity index is 480. The number of esters is 1. The summed E-state index contributed by atoms with van der Waals surface area (Å²) in [5, 5.41) is 2.73. The number of hydrogen-bond acceptors (Lipinski definition) is 3. The van der Waals surface area contributed by atoms with E-state index in [0.717, 1.165) is 5.56 Å². The minimum Gasteiger partial charge on any atom is -0.468 e. The van der Waals surface area contributed by atoms with E-state index >= 15 is 0 Å². The highest BCUT2D eigenvalue weighted by Crippen LogP contribution is 2.46. The molecule has 5 heteroatoms. The van der Waals surface area contributed by atoms with Gasteiger partial charge in [0.25, 0.3) is 0 Å². The van der Waals surface area contributed by atoms with Crippen molar-refractivity contribution in [3.8, 4) is 0 Å². The largest absolute Gasteiger partial charge is 0.468 e. The number of hydrogen-bond donors (Lipinski definition) is 1. The molecule has 1 aromatic carbocycles. The van der Waals surface area contributed by atoms with Crippen LogP contribution in [0.5, 0.6) is 0 Å². The predicted octanol–water partition coefficient (Wildman–Crippen LogP) is 1.44. The van der Waals surface area contributed by atoms with Crippen molar-refractivity contribution in [1.82, 2.24) is 5.32 Å². The highest BCUT2D eigenvalue weighted by molar-refractivity contribution is 6.05. The van der Waals surface area contributed by atoms with Crippen molar-refractivity contribution in [2.75, 3.05) is 13.7 Å². The molecule has 0 heterocycles. The molecule has 0 radical (unpaired) electrons. The van der Waals surface area contributed by atoms with Gasteiger partial charge in [-0.05, 0) is 37.0 Å². The van der Waals surface area contributed by atoms with Gasteiger partial charge >= 0.3 is 5.97 Å². The van der Waals surface area contributed by atoms with Gasteiger partial charge in [0.15, 0.2) is 0 Å². The first kappa shape index (κ1) is 13.5. The van der Waals surface area contributed by atoms with Gasteiger partial charge in [0.1, 0.15) is 11.2 Å². The average Bonchev–Trinajstić information content (AvgIpc) is 3.21. The molecule has 0 bridgehead atoms. The molecule has 1 saturated carbocycles. The lowest BCUT2D eigenvalue weighted by Gasteiger charge is -2.12. The molecule has 102 valence electrons. The van der Waals surface area contributed by atoms with Crippen LogP contribution in [0.3, 0.4) is 0 Å². The molecule has 19 heavy (non-hydrogen) atoms. The fourth-order valence-corrected chi connectivity index (χ4v) is 1.98. The van der Waals surface area contributed by atoms with Crippen LogP contribution in [0.15, 0.2) is 24.3 Å². The molecule has 4 nitrogen and oxygen atoms in total. The molecular formula is C14H16FNO3. The summed E-state index contributed by atoms with van der Waals surface area (Å²) in [5.74, 6) is -1.02. The summed E-state index contributed by atoms with van der Waals surface area (Å²) in [5.41, 5.74) is -0.0259. The summed E-state index contributed by atoms with van der Waals surface area (Å²) in [6, 6.07) is 6.12. The molecule has 1 N–H and O–H groups in total. The first-order chi connectivity index (χ1) is 9.08. The third kappa shape index (κ3) is 2.92. The molecule has 2 rings (SSSR count). The van der Waals surface area contributed by atoms with E-state index < -0.39 is 11.4 Å². The van der Waals surface area contributed by atoms with Crippen LogP contribution in [0.2, 0.25) is 0 Å². The summed E-state index contributed by atoms with van der Waals surface area (Å²) >= 11 is 0. The number of carbonyl (C=O) groups is 2.